The van der Waals surface area contributed by atoms with Gasteiger partial charge in [0.25, 0.3) is 0 Å². The van der Waals surface area contributed by atoms with Crippen LogP contribution in [0.5, 0.6) is 5.75 Å². The number of ether oxygens (including phenoxy) is 2. The van der Waals surface area contributed by atoms with E-state index in [1.807, 2.05) is 0 Å². The first kappa shape index (κ1) is 18.3. The molecule has 0 radical (unpaired) electrons. The van der Waals surface area contributed by atoms with Gasteiger partial charge in [0.1, 0.15) is 17.4 Å². The van der Waals surface area contributed by atoms with Crippen LogP contribution in [0.4, 0.5) is 4.79 Å². The Kier molecular flexibility index (Phi) is 6.22. The molecule has 1 rings (SSSR count). The second-order valence-electron chi connectivity index (χ2n) is 5.67. The van der Waals surface area contributed by atoms with Gasteiger partial charge in [-0.05, 0) is 48.3 Å². The minimum Gasteiger partial charge on any atom is -0.506 e. The monoisotopic (exact) mass is 373 g/mol. The van der Waals surface area contributed by atoms with Gasteiger partial charge in [0.05, 0.1) is 11.6 Å². The van der Waals surface area contributed by atoms with Gasteiger partial charge in [-0.3, -0.25) is 0 Å². The highest BCUT2D eigenvalue weighted by molar-refractivity contribution is 9.10. The van der Waals surface area contributed by atoms with Crippen molar-refractivity contribution in [1.82, 2.24) is 5.32 Å². The predicted molar refractivity (Wildman–Crippen MR) is 84.7 cm³/mol. The topological polar surface area (TPSA) is 84.9 Å². The maximum atomic E-state index is 11.8. The third kappa shape index (κ3) is 5.55. The minimum absolute atomic E-state index is 0.0161. The number of nitrogens with one attached hydrogen (secondary N) is 1. The maximum absolute atomic E-state index is 11.8. The number of esters is 1. The second-order valence-corrected chi connectivity index (χ2v) is 6.53. The van der Waals surface area contributed by atoms with Crippen molar-refractivity contribution in [2.45, 2.75) is 38.8 Å². The zero-order valence-electron chi connectivity index (χ0n) is 13.0. The molecule has 1 aromatic carbocycles. The molecule has 0 aromatic heterocycles. The van der Waals surface area contributed by atoms with Gasteiger partial charge in [-0.2, -0.15) is 0 Å². The van der Waals surface area contributed by atoms with Crippen molar-refractivity contribution < 1.29 is 24.2 Å². The molecule has 0 aliphatic heterocycles. The molecule has 1 amide bonds. The lowest BCUT2D eigenvalue weighted by molar-refractivity contribution is -0.143. The number of hydrogen-bond donors (Lipinski definition) is 2. The SMILES string of the molecule is COC(=O)[C@H](Cc1cccc(Br)c1O)NC(=O)OC(C)(C)C. The summed E-state index contributed by atoms with van der Waals surface area (Å²) >= 11 is 3.20. The lowest BCUT2D eigenvalue weighted by atomic mass is 10.1. The molecule has 0 bridgehead atoms. The van der Waals surface area contributed by atoms with Gasteiger partial charge in [0.15, 0.2) is 0 Å². The van der Waals surface area contributed by atoms with Crippen molar-refractivity contribution in [2.75, 3.05) is 7.11 Å². The Bertz CT molecular complexity index is 553. The van der Waals surface area contributed by atoms with E-state index in [-0.39, 0.29) is 12.2 Å². The Morgan fingerprint density at radius 3 is 2.55 bits per heavy atom. The van der Waals surface area contributed by atoms with Crippen molar-refractivity contribution >= 4 is 28.0 Å². The van der Waals surface area contributed by atoms with Gasteiger partial charge in [0, 0.05) is 6.42 Å². The lowest BCUT2D eigenvalue weighted by Gasteiger charge is -2.22. The Labute approximate surface area is 137 Å². The molecule has 0 saturated carbocycles. The maximum Gasteiger partial charge on any atom is 0.408 e. The zero-order valence-corrected chi connectivity index (χ0v) is 14.6. The average Bonchev–Trinajstić information content (AvgIpc) is 2.40. The quantitative estimate of drug-likeness (QED) is 0.792. The number of para-hydroxylation sites is 1. The number of phenols is 1. The highest BCUT2D eigenvalue weighted by Crippen LogP contribution is 2.28. The highest BCUT2D eigenvalue weighted by Gasteiger charge is 2.26. The molecule has 0 heterocycles. The fraction of sp³-hybridized carbons (Fsp3) is 0.467. The first-order chi connectivity index (χ1) is 10.1. The van der Waals surface area contributed by atoms with Gasteiger partial charge in [-0.1, -0.05) is 12.1 Å². The van der Waals surface area contributed by atoms with Gasteiger partial charge in [-0.25, -0.2) is 9.59 Å². The van der Waals surface area contributed by atoms with Crippen LogP contribution in [0.15, 0.2) is 22.7 Å². The van der Waals surface area contributed by atoms with Crippen LogP contribution >= 0.6 is 15.9 Å². The summed E-state index contributed by atoms with van der Waals surface area (Å²) in [5.41, 5.74) is -0.177. The van der Waals surface area contributed by atoms with E-state index in [1.165, 1.54) is 7.11 Å². The van der Waals surface area contributed by atoms with Crippen molar-refractivity contribution in [3.63, 3.8) is 0 Å². The summed E-state index contributed by atoms with van der Waals surface area (Å²) in [6.45, 7) is 5.17. The summed E-state index contributed by atoms with van der Waals surface area (Å²) < 4.78 is 10.3. The van der Waals surface area contributed by atoms with Crippen LogP contribution in [0.3, 0.4) is 0 Å². The summed E-state index contributed by atoms with van der Waals surface area (Å²) in [7, 11) is 1.23. The van der Waals surface area contributed by atoms with Crippen LogP contribution in [-0.4, -0.2) is 35.9 Å². The number of alkyl carbamates (subject to hydrolysis) is 1. The van der Waals surface area contributed by atoms with E-state index in [4.69, 9.17) is 4.74 Å². The van der Waals surface area contributed by atoms with Crippen LogP contribution in [0.1, 0.15) is 26.3 Å². The van der Waals surface area contributed by atoms with E-state index in [2.05, 4.69) is 26.0 Å². The number of phenolic OH excluding ortho intramolecular Hbond substituents is 1. The molecule has 22 heavy (non-hydrogen) atoms. The molecule has 0 aliphatic rings. The number of rotatable bonds is 4. The fourth-order valence-corrected chi connectivity index (χ4v) is 2.14. The van der Waals surface area contributed by atoms with E-state index in [0.29, 0.717) is 10.0 Å². The van der Waals surface area contributed by atoms with Crippen molar-refractivity contribution in [3.05, 3.63) is 28.2 Å². The largest absolute Gasteiger partial charge is 0.506 e. The summed E-state index contributed by atoms with van der Waals surface area (Å²) in [5.74, 6) is -0.604. The van der Waals surface area contributed by atoms with E-state index in [9.17, 15) is 14.7 Å². The molecule has 0 saturated heterocycles. The molecule has 2 N–H and O–H groups in total. The highest BCUT2D eigenvalue weighted by atomic mass is 79.9. The van der Waals surface area contributed by atoms with Crippen LogP contribution in [0, 0.1) is 0 Å². The Morgan fingerprint density at radius 1 is 1.36 bits per heavy atom. The van der Waals surface area contributed by atoms with E-state index in [1.54, 1.807) is 39.0 Å². The first-order valence-corrected chi connectivity index (χ1v) is 7.47. The molecule has 0 spiro atoms. The number of amides is 1. The van der Waals surface area contributed by atoms with E-state index >= 15 is 0 Å². The molecule has 0 unspecified atom stereocenters. The fourth-order valence-electron chi connectivity index (χ4n) is 1.73. The van der Waals surface area contributed by atoms with Crippen LogP contribution in [0.2, 0.25) is 0 Å². The number of hydrogen-bond acceptors (Lipinski definition) is 5. The summed E-state index contributed by atoms with van der Waals surface area (Å²) in [4.78, 5) is 23.6. The summed E-state index contributed by atoms with van der Waals surface area (Å²) in [6, 6.07) is 4.10. The van der Waals surface area contributed by atoms with Gasteiger partial charge < -0.3 is 19.9 Å². The molecule has 6 nitrogen and oxygen atoms in total. The van der Waals surface area contributed by atoms with Crippen LogP contribution in [-0.2, 0) is 20.7 Å². The Morgan fingerprint density at radius 2 is 2.00 bits per heavy atom. The van der Waals surface area contributed by atoms with Gasteiger partial charge in [0.2, 0.25) is 0 Å². The van der Waals surface area contributed by atoms with E-state index in [0.717, 1.165) is 0 Å². The number of carbonyl (C=O) groups excluding carboxylic acids is 2. The van der Waals surface area contributed by atoms with E-state index < -0.39 is 23.7 Å². The molecule has 7 heteroatoms. The number of aromatic hydroxyl groups is 1. The molecular weight excluding hydrogens is 354 g/mol. The third-order valence-corrected chi connectivity index (χ3v) is 3.31. The molecule has 0 fully saturated rings. The Hall–Kier alpha value is -1.76. The van der Waals surface area contributed by atoms with Gasteiger partial charge >= 0.3 is 12.1 Å². The molecule has 0 aliphatic carbocycles. The zero-order chi connectivity index (χ0) is 16.9. The van der Waals surface area contributed by atoms with Gasteiger partial charge in [-0.15, -0.1) is 0 Å². The predicted octanol–water partition coefficient (Wildman–Crippen LogP) is 2.76. The number of benzene rings is 1. The normalized spacial score (nSPS) is 12.4. The number of carbonyl (C=O) groups is 2. The summed E-state index contributed by atoms with van der Waals surface area (Å²) in [5, 5.41) is 12.4. The third-order valence-electron chi connectivity index (χ3n) is 2.67. The summed E-state index contributed by atoms with van der Waals surface area (Å²) in [6.07, 6.45) is -0.644. The number of halogens is 1. The number of methoxy groups -OCH3 is 1. The molecule has 122 valence electrons. The molecule has 1 aromatic rings. The second kappa shape index (κ2) is 7.49. The van der Waals surface area contributed by atoms with Crippen LogP contribution < -0.4 is 5.32 Å². The Balaban J connectivity index is 2.88. The average molecular weight is 374 g/mol. The smallest absolute Gasteiger partial charge is 0.408 e. The van der Waals surface area contributed by atoms with Crippen molar-refractivity contribution in [2.24, 2.45) is 0 Å². The molecule has 1 atom stereocenters. The standard InChI is InChI=1S/C15H20BrNO5/c1-15(2,3)22-14(20)17-11(13(19)21-4)8-9-6-5-7-10(16)12(9)18/h5-7,11,18H,8H2,1-4H3,(H,17,20)/t11-/m0/s1. The van der Waals surface area contributed by atoms with Crippen LogP contribution in [0.25, 0.3) is 0 Å². The van der Waals surface area contributed by atoms with Crippen molar-refractivity contribution in [1.29, 1.82) is 0 Å². The lowest BCUT2D eigenvalue weighted by Crippen LogP contribution is -2.45. The van der Waals surface area contributed by atoms with Crippen molar-refractivity contribution in [3.8, 4) is 5.75 Å². The first-order valence-electron chi connectivity index (χ1n) is 6.67. The minimum atomic E-state index is -0.958. The molecular formula is C15H20BrNO5.